The van der Waals surface area contributed by atoms with Gasteiger partial charge in [-0.05, 0) is 32.4 Å². The van der Waals surface area contributed by atoms with Gasteiger partial charge in [-0.25, -0.2) is 8.78 Å². The molecule has 2 N–H and O–H groups in total. The van der Waals surface area contributed by atoms with Crippen LogP contribution in [-0.2, 0) is 0 Å². The number of halogens is 2. The minimum absolute atomic E-state index is 0.00106. The Bertz CT molecular complexity index is 165. The van der Waals surface area contributed by atoms with Gasteiger partial charge in [0.05, 0.1) is 0 Å². The summed E-state index contributed by atoms with van der Waals surface area (Å²) in [7, 11) is 0. The van der Waals surface area contributed by atoms with Crippen molar-refractivity contribution in [3.8, 4) is 0 Å². The van der Waals surface area contributed by atoms with Crippen LogP contribution < -0.4 is 5.73 Å². The summed E-state index contributed by atoms with van der Waals surface area (Å²) in [4.78, 5) is 2.21. The fraction of sp³-hybridized carbons (Fsp3) is 1.00. The molecule has 4 heteroatoms. The molecule has 0 aliphatic carbocycles. The van der Waals surface area contributed by atoms with Gasteiger partial charge in [0.15, 0.2) is 0 Å². The smallest absolute Gasteiger partial charge is 0.239 e. The molecule has 0 aromatic carbocycles. The summed E-state index contributed by atoms with van der Waals surface area (Å²) in [6, 6.07) is 0.441. The van der Waals surface area contributed by atoms with E-state index in [-0.39, 0.29) is 6.42 Å². The molecule has 1 heterocycles. The Labute approximate surface area is 90.8 Å². The summed E-state index contributed by atoms with van der Waals surface area (Å²) < 4.78 is 24.3. The zero-order valence-corrected chi connectivity index (χ0v) is 9.30. The minimum Gasteiger partial charge on any atom is -0.330 e. The molecule has 0 amide bonds. The van der Waals surface area contributed by atoms with Crippen molar-refractivity contribution in [3.05, 3.63) is 0 Å². The molecule has 0 aromatic heterocycles. The summed E-state index contributed by atoms with van der Waals surface area (Å²) in [6.45, 7) is 2.16. The summed E-state index contributed by atoms with van der Waals surface area (Å²) in [5, 5.41) is 0. The molecule has 1 aliphatic rings. The summed E-state index contributed by atoms with van der Waals surface area (Å²) in [6.07, 6.45) is 3.49. The third-order valence-electron chi connectivity index (χ3n) is 3.13. The first-order valence-corrected chi connectivity index (χ1v) is 5.96. The van der Waals surface area contributed by atoms with Gasteiger partial charge in [-0.3, -0.25) is 0 Å². The maximum atomic E-state index is 12.2. The van der Waals surface area contributed by atoms with Crippen LogP contribution in [0.4, 0.5) is 8.78 Å². The third kappa shape index (κ3) is 4.89. The Kier molecular flexibility index (Phi) is 6.10. The molecular formula is C11H22F2N2. The molecule has 90 valence electrons. The first-order chi connectivity index (χ1) is 7.24. The van der Waals surface area contributed by atoms with Gasteiger partial charge in [0.2, 0.25) is 6.43 Å². The van der Waals surface area contributed by atoms with E-state index >= 15 is 0 Å². The standard InChI is InChI=1S/C11H22F2N2/c12-11(13)6-9-15-8-3-1-2-4-10(15)5-7-14/h10-11H,1-9,14H2. The van der Waals surface area contributed by atoms with Crippen LogP contribution in [-0.4, -0.2) is 37.0 Å². The van der Waals surface area contributed by atoms with Gasteiger partial charge < -0.3 is 10.6 Å². The van der Waals surface area contributed by atoms with E-state index in [1.54, 1.807) is 0 Å². The molecule has 0 radical (unpaired) electrons. The number of likely N-dealkylation sites (tertiary alicyclic amines) is 1. The number of rotatable bonds is 5. The zero-order valence-electron chi connectivity index (χ0n) is 9.30. The van der Waals surface area contributed by atoms with E-state index in [1.807, 2.05) is 0 Å². The lowest BCUT2D eigenvalue weighted by Gasteiger charge is -2.29. The van der Waals surface area contributed by atoms with Gasteiger partial charge in [-0.2, -0.15) is 0 Å². The lowest BCUT2D eigenvalue weighted by molar-refractivity contribution is 0.101. The van der Waals surface area contributed by atoms with Gasteiger partial charge in [0, 0.05) is 19.0 Å². The predicted molar refractivity (Wildman–Crippen MR) is 58.1 cm³/mol. The number of alkyl halides is 2. The van der Waals surface area contributed by atoms with Crippen molar-refractivity contribution in [3.63, 3.8) is 0 Å². The van der Waals surface area contributed by atoms with Crippen LogP contribution in [0, 0.1) is 0 Å². The molecule has 15 heavy (non-hydrogen) atoms. The molecule has 1 rings (SSSR count). The Morgan fingerprint density at radius 3 is 2.73 bits per heavy atom. The van der Waals surface area contributed by atoms with E-state index in [2.05, 4.69) is 4.90 Å². The summed E-state index contributed by atoms with van der Waals surface area (Å²) in [5.41, 5.74) is 5.55. The van der Waals surface area contributed by atoms with E-state index in [0.717, 1.165) is 25.8 Å². The quantitative estimate of drug-likeness (QED) is 0.770. The lowest BCUT2D eigenvalue weighted by Crippen LogP contribution is -2.37. The second-order valence-electron chi connectivity index (χ2n) is 4.30. The van der Waals surface area contributed by atoms with E-state index in [9.17, 15) is 8.78 Å². The molecule has 1 unspecified atom stereocenters. The molecule has 0 aromatic rings. The topological polar surface area (TPSA) is 29.3 Å². The van der Waals surface area contributed by atoms with Gasteiger partial charge in [-0.15, -0.1) is 0 Å². The molecule has 2 nitrogen and oxygen atoms in total. The molecule has 0 spiro atoms. The van der Waals surface area contributed by atoms with Crippen LogP contribution in [0.2, 0.25) is 0 Å². The Morgan fingerprint density at radius 1 is 1.27 bits per heavy atom. The lowest BCUT2D eigenvalue weighted by atomic mass is 10.1. The van der Waals surface area contributed by atoms with Crippen molar-refractivity contribution >= 4 is 0 Å². The second-order valence-corrected chi connectivity index (χ2v) is 4.30. The number of hydrogen-bond acceptors (Lipinski definition) is 2. The highest BCUT2D eigenvalue weighted by atomic mass is 19.3. The Hall–Kier alpha value is -0.220. The molecule has 1 fully saturated rings. The predicted octanol–water partition coefficient (Wildman–Crippen LogP) is 2.24. The molecule has 1 atom stereocenters. The van der Waals surface area contributed by atoms with E-state index in [0.29, 0.717) is 19.1 Å². The minimum atomic E-state index is -2.17. The van der Waals surface area contributed by atoms with Crippen molar-refractivity contribution in [2.45, 2.75) is 51.0 Å². The van der Waals surface area contributed by atoms with Crippen molar-refractivity contribution in [1.82, 2.24) is 4.90 Å². The second kappa shape index (κ2) is 7.12. The molecular weight excluding hydrogens is 198 g/mol. The van der Waals surface area contributed by atoms with Crippen molar-refractivity contribution in [2.75, 3.05) is 19.6 Å². The molecule has 0 bridgehead atoms. The number of hydrogen-bond donors (Lipinski definition) is 1. The maximum absolute atomic E-state index is 12.2. The fourth-order valence-corrected chi connectivity index (χ4v) is 2.31. The highest BCUT2D eigenvalue weighted by Crippen LogP contribution is 2.19. The van der Waals surface area contributed by atoms with Crippen molar-refractivity contribution in [2.24, 2.45) is 5.73 Å². The zero-order chi connectivity index (χ0) is 11.1. The highest BCUT2D eigenvalue weighted by Gasteiger charge is 2.20. The van der Waals surface area contributed by atoms with Crippen molar-refractivity contribution < 1.29 is 8.78 Å². The Balaban J connectivity index is 2.39. The fourth-order valence-electron chi connectivity index (χ4n) is 2.31. The van der Waals surface area contributed by atoms with E-state index in [1.165, 1.54) is 12.8 Å². The highest BCUT2D eigenvalue weighted by molar-refractivity contribution is 4.75. The monoisotopic (exact) mass is 220 g/mol. The van der Waals surface area contributed by atoms with Crippen LogP contribution in [0.3, 0.4) is 0 Å². The average molecular weight is 220 g/mol. The maximum Gasteiger partial charge on any atom is 0.239 e. The SMILES string of the molecule is NCCC1CCCCCN1CCC(F)F. The van der Waals surface area contributed by atoms with Gasteiger partial charge >= 0.3 is 0 Å². The Morgan fingerprint density at radius 2 is 2.07 bits per heavy atom. The normalized spacial score (nSPS) is 24.4. The first kappa shape index (κ1) is 12.8. The van der Waals surface area contributed by atoms with Crippen molar-refractivity contribution in [1.29, 1.82) is 0 Å². The largest absolute Gasteiger partial charge is 0.330 e. The average Bonchev–Trinajstić information content (AvgIpc) is 2.41. The third-order valence-corrected chi connectivity index (χ3v) is 3.13. The summed E-state index contributed by atoms with van der Waals surface area (Å²) >= 11 is 0. The van der Waals surface area contributed by atoms with E-state index < -0.39 is 6.43 Å². The van der Waals surface area contributed by atoms with Gasteiger partial charge in [0.1, 0.15) is 0 Å². The summed E-state index contributed by atoms with van der Waals surface area (Å²) in [5.74, 6) is 0. The van der Waals surface area contributed by atoms with E-state index in [4.69, 9.17) is 5.73 Å². The van der Waals surface area contributed by atoms with Gasteiger partial charge in [0.25, 0.3) is 0 Å². The van der Waals surface area contributed by atoms with Crippen LogP contribution in [0.1, 0.15) is 38.5 Å². The first-order valence-electron chi connectivity index (χ1n) is 5.96. The molecule has 1 aliphatic heterocycles. The number of nitrogens with two attached hydrogens (primary N) is 1. The number of nitrogens with zero attached hydrogens (tertiary/aromatic N) is 1. The van der Waals surface area contributed by atoms with Crippen LogP contribution in [0.25, 0.3) is 0 Å². The molecule has 1 saturated heterocycles. The van der Waals surface area contributed by atoms with Gasteiger partial charge in [-0.1, -0.05) is 12.8 Å². The molecule has 0 saturated carbocycles. The van der Waals surface area contributed by atoms with Crippen LogP contribution in [0.15, 0.2) is 0 Å². The van der Waals surface area contributed by atoms with Crippen LogP contribution >= 0.6 is 0 Å². The van der Waals surface area contributed by atoms with Crippen LogP contribution in [0.5, 0.6) is 0 Å².